The van der Waals surface area contributed by atoms with Gasteiger partial charge in [0.1, 0.15) is 0 Å². The van der Waals surface area contributed by atoms with Gasteiger partial charge in [0.05, 0.1) is 13.0 Å². The second kappa shape index (κ2) is 7.84. The summed E-state index contributed by atoms with van der Waals surface area (Å²) >= 11 is 0. The van der Waals surface area contributed by atoms with Crippen molar-refractivity contribution in [1.29, 1.82) is 0 Å². The Labute approximate surface area is 109 Å². The minimum atomic E-state index is 0.103. The summed E-state index contributed by atoms with van der Waals surface area (Å²) in [5.41, 5.74) is 7.75. The number of hydrogen-bond acceptors (Lipinski definition) is 3. The van der Waals surface area contributed by atoms with Gasteiger partial charge in [0.2, 0.25) is 5.91 Å². The van der Waals surface area contributed by atoms with E-state index >= 15 is 0 Å². The summed E-state index contributed by atoms with van der Waals surface area (Å²) in [4.78, 5) is 13.5. The van der Waals surface area contributed by atoms with Crippen molar-refractivity contribution in [3.05, 3.63) is 35.4 Å². The Balaban J connectivity index is 2.42. The lowest BCUT2D eigenvalue weighted by atomic mass is 10.1. The maximum atomic E-state index is 11.8. The molecule has 18 heavy (non-hydrogen) atoms. The first-order valence-corrected chi connectivity index (χ1v) is 6.27. The topological polar surface area (TPSA) is 55.6 Å². The molecule has 4 nitrogen and oxygen atoms in total. The SMILES string of the molecule is CCOCCC(=O)N(C)Cc1ccc(CN)cc1. The molecule has 0 aliphatic carbocycles. The highest BCUT2D eigenvalue weighted by Gasteiger charge is 2.08. The number of nitrogens with two attached hydrogens (primary N) is 1. The van der Waals surface area contributed by atoms with E-state index in [-0.39, 0.29) is 5.91 Å². The smallest absolute Gasteiger partial charge is 0.224 e. The molecule has 0 aliphatic heterocycles. The number of hydrogen-bond donors (Lipinski definition) is 1. The summed E-state index contributed by atoms with van der Waals surface area (Å²) in [6.07, 6.45) is 0.436. The Morgan fingerprint density at radius 1 is 1.28 bits per heavy atom. The molecule has 0 aromatic heterocycles. The Morgan fingerprint density at radius 2 is 1.89 bits per heavy atom. The molecule has 0 spiro atoms. The second-order valence-electron chi connectivity index (χ2n) is 4.22. The van der Waals surface area contributed by atoms with Gasteiger partial charge in [-0.15, -0.1) is 0 Å². The van der Waals surface area contributed by atoms with Crippen LogP contribution in [0.1, 0.15) is 24.5 Å². The minimum Gasteiger partial charge on any atom is -0.381 e. The zero-order valence-electron chi connectivity index (χ0n) is 11.2. The average molecular weight is 250 g/mol. The molecule has 1 rings (SSSR count). The highest BCUT2D eigenvalue weighted by Crippen LogP contribution is 2.07. The van der Waals surface area contributed by atoms with Gasteiger partial charge in [0, 0.05) is 26.7 Å². The maximum absolute atomic E-state index is 11.8. The van der Waals surface area contributed by atoms with Crippen molar-refractivity contribution in [3.8, 4) is 0 Å². The number of amides is 1. The van der Waals surface area contributed by atoms with E-state index in [1.807, 2.05) is 38.2 Å². The lowest BCUT2D eigenvalue weighted by Gasteiger charge is -2.17. The van der Waals surface area contributed by atoms with Gasteiger partial charge in [-0.05, 0) is 18.1 Å². The zero-order valence-corrected chi connectivity index (χ0v) is 11.2. The third-order valence-corrected chi connectivity index (χ3v) is 2.77. The molecule has 0 atom stereocenters. The molecule has 1 amide bonds. The van der Waals surface area contributed by atoms with Crippen LogP contribution in [-0.2, 0) is 22.6 Å². The van der Waals surface area contributed by atoms with Crippen molar-refractivity contribution < 1.29 is 9.53 Å². The number of rotatable bonds is 7. The normalized spacial score (nSPS) is 10.4. The van der Waals surface area contributed by atoms with Gasteiger partial charge in [-0.3, -0.25) is 4.79 Å². The van der Waals surface area contributed by atoms with Crippen LogP contribution in [0, 0.1) is 0 Å². The highest BCUT2D eigenvalue weighted by molar-refractivity contribution is 5.75. The molecule has 0 heterocycles. The molecule has 0 radical (unpaired) electrons. The highest BCUT2D eigenvalue weighted by atomic mass is 16.5. The molecular weight excluding hydrogens is 228 g/mol. The van der Waals surface area contributed by atoms with E-state index in [9.17, 15) is 4.79 Å². The monoisotopic (exact) mass is 250 g/mol. The van der Waals surface area contributed by atoms with Crippen LogP contribution in [0.5, 0.6) is 0 Å². The average Bonchev–Trinajstić information content (AvgIpc) is 2.39. The molecule has 0 saturated carbocycles. The van der Waals surface area contributed by atoms with Gasteiger partial charge in [-0.25, -0.2) is 0 Å². The lowest BCUT2D eigenvalue weighted by molar-refractivity contribution is -0.131. The van der Waals surface area contributed by atoms with Crippen molar-refractivity contribution >= 4 is 5.91 Å². The predicted molar refractivity (Wildman–Crippen MR) is 71.9 cm³/mol. The third kappa shape index (κ3) is 4.85. The summed E-state index contributed by atoms with van der Waals surface area (Å²) in [6, 6.07) is 8.00. The summed E-state index contributed by atoms with van der Waals surface area (Å²) in [7, 11) is 1.81. The van der Waals surface area contributed by atoms with E-state index in [0.29, 0.717) is 32.7 Å². The third-order valence-electron chi connectivity index (χ3n) is 2.77. The minimum absolute atomic E-state index is 0.103. The van der Waals surface area contributed by atoms with Crippen LogP contribution < -0.4 is 5.73 Å². The number of carbonyl (C=O) groups is 1. The number of carbonyl (C=O) groups excluding carboxylic acids is 1. The van der Waals surface area contributed by atoms with E-state index in [4.69, 9.17) is 10.5 Å². The quantitative estimate of drug-likeness (QED) is 0.747. The van der Waals surface area contributed by atoms with Gasteiger partial charge in [-0.2, -0.15) is 0 Å². The molecule has 1 aromatic carbocycles. The predicted octanol–water partition coefficient (Wildman–Crippen LogP) is 1.53. The van der Waals surface area contributed by atoms with Crippen molar-refractivity contribution in [2.45, 2.75) is 26.4 Å². The summed E-state index contributed by atoms with van der Waals surface area (Å²) in [6.45, 7) is 4.23. The maximum Gasteiger partial charge on any atom is 0.224 e. The van der Waals surface area contributed by atoms with Crippen molar-refractivity contribution in [2.75, 3.05) is 20.3 Å². The second-order valence-corrected chi connectivity index (χ2v) is 4.22. The van der Waals surface area contributed by atoms with Crippen LogP contribution in [0.2, 0.25) is 0 Å². The van der Waals surface area contributed by atoms with E-state index in [2.05, 4.69) is 0 Å². The molecule has 0 unspecified atom stereocenters. The molecule has 0 aliphatic rings. The van der Waals surface area contributed by atoms with Crippen LogP contribution in [0.3, 0.4) is 0 Å². The number of nitrogens with zero attached hydrogens (tertiary/aromatic N) is 1. The first-order valence-electron chi connectivity index (χ1n) is 6.27. The summed E-state index contributed by atoms with van der Waals surface area (Å²) in [5, 5.41) is 0. The zero-order chi connectivity index (χ0) is 13.4. The number of ether oxygens (including phenoxy) is 1. The van der Waals surface area contributed by atoms with Gasteiger partial charge < -0.3 is 15.4 Å². The fourth-order valence-corrected chi connectivity index (χ4v) is 1.64. The van der Waals surface area contributed by atoms with Gasteiger partial charge in [0.25, 0.3) is 0 Å². The molecule has 100 valence electrons. The Kier molecular flexibility index (Phi) is 6.39. The van der Waals surface area contributed by atoms with E-state index < -0.39 is 0 Å². The standard InChI is InChI=1S/C14H22N2O2/c1-3-18-9-8-14(17)16(2)11-13-6-4-12(10-15)5-7-13/h4-7H,3,8-11,15H2,1-2H3. The molecule has 2 N–H and O–H groups in total. The molecule has 0 bridgehead atoms. The Bertz CT molecular complexity index is 363. The molecule has 4 heteroatoms. The van der Waals surface area contributed by atoms with Crippen LogP contribution in [0.4, 0.5) is 0 Å². The van der Waals surface area contributed by atoms with Gasteiger partial charge in [0.15, 0.2) is 0 Å². The van der Waals surface area contributed by atoms with Crippen LogP contribution in [0.15, 0.2) is 24.3 Å². The van der Waals surface area contributed by atoms with Crippen LogP contribution in [0.25, 0.3) is 0 Å². The fourth-order valence-electron chi connectivity index (χ4n) is 1.64. The largest absolute Gasteiger partial charge is 0.381 e. The van der Waals surface area contributed by atoms with Crippen LogP contribution >= 0.6 is 0 Å². The first kappa shape index (κ1) is 14.7. The fraction of sp³-hybridized carbons (Fsp3) is 0.500. The van der Waals surface area contributed by atoms with E-state index in [1.54, 1.807) is 4.90 Å². The van der Waals surface area contributed by atoms with Crippen LogP contribution in [-0.4, -0.2) is 31.1 Å². The number of benzene rings is 1. The van der Waals surface area contributed by atoms with E-state index in [0.717, 1.165) is 11.1 Å². The van der Waals surface area contributed by atoms with E-state index in [1.165, 1.54) is 0 Å². The molecule has 0 fully saturated rings. The molecular formula is C14H22N2O2. The van der Waals surface area contributed by atoms with Gasteiger partial charge in [-0.1, -0.05) is 24.3 Å². The van der Waals surface area contributed by atoms with Gasteiger partial charge >= 0.3 is 0 Å². The Morgan fingerprint density at radius 3 is 2.44 bits per heavy atom. The Hall–Kier alpha value is -1.39. The lowest BCUT2D eigenvalue weighted by Crippen LogP contribution is -2.27. The van der Waals surface area contributed by atoms with Crippen molar-refractivity contribution in [1.82, 2.24) is 4.90 Å². The summed E-state index contributed by atoms with van der Waals surface area (Å²) < 4.78 is 5.17. The first-order chi connectivity index (χ1) is 8.67. The molecule has 0 saturated heterocycles. The van der Waals surface area contributed by atoms with Crippen molar-refractivity contribution in [2.24, 2.45) is 5.73 Å². The molecule has 1 aromatic rings. The van der Waals surface area contributed by atoms with Crippen molar-refractivity contribution in [3.63, 3.8) is 0 Å². The summed E-state index contributed by atoms with van der Waals surface area (Å²) in [5.74, 6) is 0.103.